The van der Waals surface area contributed by atoms with Crippen molar-refractivity contribution in [3.05, 3.63) is 23.0 Å². The first-order chi connectivity index (χ1) is 6.43. The van der Waals surface area contributed by atoms with Crippen molar-refractivity contribution >= 4 is 0 Å². The van der Waals surface area contributed by atoms with Gasteiger partial charge in [0, 0.05) is 23.5 Å². The van der Waals surface area contributed by atoms with E-state index in [-0.39, 0.29) is 6.10 Å². The quantitative estimate of drug-likeness (QED) is 0.788. The second kappa shape index (κ2) is 4.18. The Labute approximate surface area is 86.6 Å². The number of aliphatic hydroxyl groups is 1. The van der Waals surface area contributed by atoms with Gasteiger partial charge in [0.15, 0.2) is 0 Å². The van der Waals surface area contributed by atoms with E-state index in [9.17, 15) is 5.11 Å². The smallest absolute Gasteiger partial charge is 0.0779 e. The highest BCUT2D eigenvalue weighted by Crippen LogP contribution is 2.22. The minimum atomic E-state index is -0.359. The molecule has 0 radical (unpaired) electrons. The van der Waals surface area contributed by atoms with E-state index in [0.717, 1.165) is 12.1 Å². The lowest BCUT2D eigenvalue weighted by Gasteiger charge is -2.12. The normalized spacial score (nSPS) is 13.6. The standard InChI is InChI=1S/C12H21NO/c1-8(2)7-13-9(3)6-12(10(13)4)11(5)14/h6,8,11,14H,7H2,1-5H3/t11-/m1/s1. The van der Waals surface area contributed by atoms with Gasteiger partial charge in [0.05, 0.1) is 6.10 Å². The highest BCUT2D eigenvalue weighted by atomic mass is 16.3. The third-order valence-electron chi connectivity index (χ3n) is 2.61. The van der Waals surface area contributed by atoms with Crippen LogP contribution in [0.5, 0.6) is 0 Å². The third-order valence-corrected chi connectivity index (χ3v) is 2.61. The van der Waals surface area contributed by atoms with E-state index in [1.54, 1.807) is 0 Å². The van der Waals surface area contributed by atoms with Crippen LogP contribution in [0, 0.1) is 19.8 Å². The van der Waals surface area contributed by atoms with Gasteiger partial charge in [-0.3, -0.25) is 0 Å². The van der Waals surface area contributed by atoms with Gasteiger partial charge in [-0.15, -0.1) is 0 Å². The van der Waals surface area contributed by atoms with Crippen molar-refractivity contribution in [2.45, 2.75) is 47.3 Å². The van der Waals surface area contributed by atoms with Gasteiger partial charge in [-0.1, -0.05) is 13.8 Å². The lowest BCUT2D eigenvalue weighted by atomic mass is 10.1. The van der Waals surface area contributed by atoms with E-state index in [2.05, 4.69) is 38.3 Å². The second-order valence-corrected chi connectivity index (χ2v) is 4.51. The van der Waals surface area contributed by atoms with Crippen molar-refractivity contribution in [2.24, 2.45) is 5.92 Å². The molecule has 0 saturated carbocycles. The van der Waals surface area contributed by atoms with E-state index >= 15 is 0 Å². The largest absolute Gasteiger partial charge is 0.389 e. The molecule has 0 saturated heterocycles. The molecule has 2 nitrogen and oxygen atoms in total. The highest BCUT2D eigenvalue weighted by molar-refractivity contribution is 5.28. The summed E-state index contributed by atoms with van der Waals surface area (Å²) in [6.07, 6.45) is -0.359. The van der Waals surface area contributed by atoms with Gasteiger partial charge < -0.3 is 9.67 Å². The van der Waals surface area contributed by atoms with Gasteiger partial charge in [-0.2, -0.15) is 0 Å². The molecule has 0 spiro atoms. The van der Waals surface area contributed by atoms with Crippen LogP contribution in [0.15, 0.2) is 6.07 Å². The second-order valence-electron chi connectivity index (χ2n) is 4.51. The molecule has 1 rings (SSSR count). The van der Waals surface area contributed by atoms with Crippen LogP contribution in [0.4, 0.5) is 0 Å². The van der Waals surface area contributed by atoms with Gasteiger partial charge in [-0.05, 0) is 32.8 Å². The van der Waals surface area contributed by atoms with Gasteiger partial charge in [0.1, 0.15) is 0 Å². The zero-order valence-electron chi connectivity index (χ0n) is 9.83. The van der Waals surface area contributed by atoms with Crippen molar-refractivity contribution in [1.29, 1.82) is 0 Å². The first-order valence-electron chi connectivity index (χ1n) is 5.28. The first kappa shape index (κ1) is 11.3. The predicted octanol–water partition coefficient (Wildman–Crippen LogP) is 2.81. The molecule has 0 aliphatic carbocycles. The number of aromatic nitrogens is 1. The Hall–Kier alpha value is -0.760. The molecule has 80 valence electrons. The summed E-state index contributed by atoms with van der Waals surface area (Å²) in [5, 5.41) is 9.56. The first-order valence-corrected chi connectivity index (χ1v) is 5.28. The molecule has 0 aliphatic heterocycles. The Morgan fingerprint density at radius 1 is 1.29 bits per heavy atom. The van der Waals surface area contributed by atoms with Crippen molar-refractivity contribution in [2.75, 3.05) is 0 Å². The van der Waals surface area contributed by atoms with Crippen molar-refractivity contribution < 1.29 is 5.11 Å². The minimum absolute atomic E-state index is 0.359. The van der Waals surface area contributed by atoms with Gasteiger partial charge in [0.25, 0.3) is 0 Å². The zero-order valence-corrected chi connectivity index (χ0v) is 9.83. The average Bonchev–Trinajstić information content (AvgIpc) is 2.31. The number of nitrogens with zero attached hydrogens (tertiary/aromatic N) is 1. The van der Waals surface area contributed by atoms with Crippen LogP contribution in [0.3, 0.4) is 0 Å². The summed E-state index contributed by atoms with van der Waals surface area (Å²) in [7, 11) is 0. The third kappa shape index (κ3) is 2.18. The molecule has 2 heteroatoms. The Morgan fingerprint density at radius 3 is 2.21 bits per heavy atom. The molecule has 1 heterocycles. The number of rotatable bonds is 3. The highest BCUT2D eigenvalue weighted by Gasteiger charge is 2.12. The molecule has 1 aromatic rings. The van der Waals surface area contributed by atoms with Gasteiger partial charge >= 0.3 is 0 Å². The summed E-state index contributed by atoms with van der Waals surface area (Å²) in [5.41, 5.74) is 3.50. The summed E-state index contributed by atoms with van der Waals surface area (Å²) >= 11 is 0. The Bertz CT molecular complexity index is 310. The fraction of sp³-hybridized carbons (Fsp3) is 0.667. The summed E-state index contributed by atoms with van der Waals surface area (Å²) in [6, 6.07) is 2.09. The Morgan fingerprint density at radius 2 is 1.86 bits per heavy atom. The van der Waals surface area contributed by atoms with E-state index in [1.807, 2.05) is 6.92 Å². The van der Waals surface area contributed by atoms with E-state index in [1.165, 1.54) is 11.4 Å². The molecule has 1 aromatic heterocycles. The molecular formula is C12H21NO. The molecule has 1 N–H and O–H groups in total. The van der Waals surface area contributed by atoms with Crippen LogP contribution in [0.1, 0.15) is 43.8 Å². The van der Waals surface area contributed by atoms with Crippen molar-refractivity contribution in [1.82, 2.24) is 4.57 Å². The molecule has 0 aliphatic rings. The van der Waals surface area contributed by atoms with E-state index in [4.69, 9.17) is 0 Å². The van der Waals surface area contributed by atoms with Crippen LogP contribution >= 0.6 is 0 Å². The molecular weight excluding hydrogens is 174 g/mol. The number of aryl methyl sites for hydroxylation is 1. The lowest BCUT2D eigenvalue weighted by molar-refractivity contribution is 0.198. The van der Waals surface area contributed by atoms with E-state index in [0.29, 0.717) is 5.92 Å². The fourth-order valence-corrected chi connectivity index (χ4v) is 1.90. The minimum Gasteiger partial charge on any atom is -0.389 e. The lowest BCUT2D eigenvalue weighted by Crippen LogP contribution is -2.08. The van der Waals surface area contributed by atoms with Gasteiger partial charge in [0.2, 0.25) is 0 Å². The van der Waals surface area contributed by atoms with Crippen LogP contribution in [0.2, 0.25) is 0 Å². The van der Waals surface area contributed by atoms with Crippen molar-refractivity contribution in [3.8, 4) is 0 Å². The SMILES string of the molecule is Cc1cc([C@@H](C)O)c(C)n1CC(C)C. The molecule has 14 heavy (non-hydrogen) atoms. The number of hydrogen-bond acceptors (Lipinski definition) is 1. The maximum atomic E-state index is 9.56. The molecule has 0 aromatic carbocycles. The molecule has 0 amide bonds. The summed E-state index contributed by atoms with van der Waals surface area (Å²) in [4.78, 5) is 0. The number of aliphatic hydroxyl groups excluding tert-OH is 1. The summed E-state index contributed by atoms with van der Waals surface area (Å²) < 4.78 is 2.28. The zero-order chi connectivity index (χ0) is 10.9. The fourth-order valence-electron chi connectivity index (χ4n) is 1.90. The maximum Gasteiger partial charge on any atom is 0.0779 e. The molecule has 0 fully saturated rings. The molecule has 0 bridgehead atoms. The average molecular weight is 195 g/mol. The predicted molar refractivity (Wildman–Crippen MR) is 59.4 cm³/mol. The topological polar surface area (TPSA) is 25.2 Å². The molecule has 0 unspecified atom stereocenters. The van der Waals surface area contributed by atoms with Crippen LogP contribution in [-0.2, 0) is 6.54 Å². The van der Waals surface area contributed by atoms with Crippen molar-refractivity contribution in [3.63, 3.8) is 0 Å². The van der Waals surface area contributed by atoms with Gasteiger partial charge in [-0.25, -0.2) is 0 Å². The Kier molecular flexibility index (Phi) is 3.38. The van der Waals surface area contributed by atoms with E-state index < -0.39 is 0 Å². The summed E-state index contributed by atoms with van der Waals surface area (Å²) in [6.45, 7) is 11.5. The monoisotopic (exact) mass is 195 g/mol. The maximum absolute atomic E-state index is 9.56. The van der Waals surface area contributed by atoms with Crippen LogP contribution < -0.4 is 0 Å². The Balaban J connectivity index is 3.05. The van der Waals surface area contributed by atoms with Crippen LogP contribution in [-0.4, -0.2) is 9.67 Å². The van der Waals surface area contributed by atoms with Crippen LogP contribution in [0.25, 0.3) is 0 Å². The number of hydrogen-bond donors (Lipinski definition) is 1. The molecule has 1 atom stereocenters. The summed E-state index contributed by atoms with van der Waals surface area (Å²) in [5.74, 6) is 0.640.